The lowest BCUT2D eigenvalue weighted by molar-refractivity contribution is -0.126. The summed E-state index contributed by atoms with van der Waals surface area (Å²) in [7, 11) is 0. The summed E-state index contributed by atoms with van der Waals surface area (Å²) in [6, 6.07) is 13.3. The molecule has 1 heterocycles. The highest BCUT2D eigenvalue weighted by molar-refractivity contribution is 9.10. The van der Waals surface area contributed by atoms with E-state index in [0.29, 0.717) is 24.6 Å². The van der Waals surface area contributed by atoms with E-state index in [1.54, 1.807) is 11.0 Å². The predicted octanol–water partition coefficient (Wildman–Crippen LogP) is 4.48. The third-order valence-corrected chi connectivity index (χ3v) is 3.97. The van der Waals surface area contributed by atoms with Gasteiger partial charge < -0.3 is 9.32 Å². The Labute approximate surface area is 144 Å². The van der Waals surface area contributed by atoms with E-state index in [0.717, 1.165) is 10.0 Å². The van der Waals surface area contributed by atoms with Gasteiger partial charge in [0.2, 0.25) is 0 Å². The number of rotatable bonds is 5. The Morgan fingerprint density at radius 3 is 2.43 bits per heavy atom. The van der Waals surface area contributed by atoms with Crippen molar-refractivity contribution < 1.29 is 9.21 Å². The van der Waals surface area contributed by atoms with E-state index in [-0.39, 0.29) is 11.5 Å². The fourth-order valence-electron chi connectivity index (χ4n) is 2.16. The molecule has 0 radical (unpaired) electrons. The van der Waals surface area contributed by atoms with Gasteiger partial charge in [-0.2, -0.15) is 5.26 Å². The number of nitriles is 1. The fourth-order valence-corrected chi connectivity index (χ4v) is 2.43. The lowest BCUT2D eigenvalue weighted by atomic mass is 10.2. The molecular weight excluding hydrogens is 356 g/mol. The molecule has 1 amide bonds. The molecule has 0 fully saturated rings. The maximum Gasteiger partial charge on any atom is 0.264 e. The predicted molar refractivity (Wildman–Crippen MR) is 93.4 cm³/mol. The van der Waals surface area contributed by atoms with Gasteiger partial charge >= 0.3 is 0 Å². The third-order valence-electron chi connectivity index (χ3n) is 3.44. The van der Waals surface area contributed by atoms with Gasteiger partial charge in [0.1, 0.15) is 23.2 Å². The van der Waals surface area contributed by atoms with Crippen LogP contribution in [0, 0.1) is 11.3 Å². The molecule has 0 aliphatic rings. The maximum absolute atomic E-state index is 12.2. The minimum atomic E-state index is -0.279. The van der Waals surface area contributed by atoms with Crippen molar-refractivity contribution in [1.29, 1.82) is 5.26 Å². The maximum atomic E-state index is 12.2. The molecule has 5 heteroatoms. The second-order valence-electron chi connectivity index (χ2n) is 4.86. The Morgan fingerprint density at radius 1 is 1.22 bits per heavy atom. The van der Waals surface area contributed by atoms with Crippen LogP contribution in [0.3, 0.4) is 0 Å². The van der Waals surface area contributed by atoms with E-state index in [2.05, 4.69) is 15.9 Å². The van der Waals surface area contributed by atoms with Crippen LogP contribution in [0.2, 0.25) is 0 Å². The van der Waals surface area contributed by atoms with E-state index in [9.17, 15) is 10.1 Å². The van der Waals surface area contributed by atoms with Crippen LogP contribution in [0.25, 0.3) is 17.4 Å². The molecule has 0 atom stereocenters. The Kier molecular flexibility index (Phi) is 5.78. The quantitative estimate of drug-likeness (QED) is 0.573. The molecule has 0 aliphatic heterocycles. The molecule has 4 nitrogen and oxygen atoms in total. The van der Waals surface area contributed by atoms with Crippen LogP contribution in [-0.2, 0) is 4.79 Å². The lowest BCUT2D eigenvalue weighted by Gasteiger charge is -2.17. The highest BCUT2D eigenvalue weighted by Gasteiger charge is 2.16. The van der Waals surface area contributed by atoms with Gasteiger partial charge in [-0.25, -0.2) is 0 Å². The second kappa shape index (κ2) is 7.80. The van der Waals surface area contributed by atoms with E-state index in [4.69, 9.17) is 4.42 Å². The number of likely N-dealkylation sites (N-methyl/N-ethyl adjacent to an activating group) is 1. The van der Waals surface area contributed by atoms with Crippen LogP contribution < -0.4 is 0 Å². The van der Waals surface area contributed by atoms with E-state index in [1.165, 1.54) is 6.08 Å². The summed E-state index contributed by atoms with van der Waals surface area (Å²) >= 11 is 3.39. The Balaban J connectivity index is 2.27. The molecule has 23 heavy (non-hydrogen) atoms. The number of hydrogen-bond donors (Lipinski definition) is 0. The number of carbonyl (C=O) groups excluding carboxylic acids is 1. The molecule has 1 aromatic carbocycles. The molecule has 0 aliphatic carbocycles. The summed E-state index contributed by atoms with van der Waals surface area (Å²) in [5.74, 6) is 0.899. The summed E-state index contributed by atoms with van der Waals surface area (Å²) in [5.41, 5.74) is 1.01. The molecule has 2 aromatic rings. The monoisotopic (exact) mass is 372 g/mol. The van der Waals surface area contributed by atoms with Crippen molar-refractivity contribution in [1.82, 2.24) is 4.90 Å². The number of benzene rings is 1. The van der Waals surface area contributed by atoms with E-state index >= 15 is 0 Å². The van der Waals surface area contributed by atoms with Gasteiger partial charge in [-0.1, -0.05) is 28.1 Å². The Bertz CT molecular complexity index is 750. The Hall–Kier alpha value is -2.32. The Morgan fingerprint density at radius 2 is 1.87 bits per heavy atom. The molecule has 0 saturated carbocycles. The van der Waals surface area contributed by atoms with Gasteiger partial charge in [-0.15, -0.1) is 0 Å². The zero-order chi connectivity index (χ0) is 16.8. The van der Waals surface area contributed by atoms with Gasteiger partial charge in [0.05, 0.1) is 0 Å². The largest absolute Gasteiger partial charge is 0.457 e. The molecule has 118 valence electrons. The van der Waals surface area contributed by atoms with E-state index in [1.807, 2.05) is 50.2 Å². The summed E-state index contributed by atoms with van der Waals surface area (Å²) in [4.78, 5) is 13.8. The molecule has 0 bridgehead atoms. The van der Waals surface area contributed by atoms with E-state index < -0.39 is 0 Å². The van der Waals surface area contributed by atoms with Gasteiger partial charge in [0.15, 0.2) is 0 Å². The van der Waals surface area contributed by atoms with Crippen LogP contribution in [-0.4, -0.2) is 23.9 Å². The van der Waals surface area contributed by atoms with Crippen LogP contribution in [0.5, 0.6) is 0 Å². The van der Waals surface area contributed by atoms with Crippen LogP contribution in [0.15, 0.2) is 50.9 Å². The number of hydrogen-bond acceptors (Lipinski definition) is 3. The first-order chi connectivity index (χ1) is 11.1. The molecule has 0 N–H and O–H groups in total. The standard InChI is InChI=1S/C18H17BrN2O2/c1-3-21(4-2)18(22)14(12-20)11-16-9-10-17(23-16)13-5-7-15(19)8-6-13/h5-11H,3-4H2,1-2H3/b14-11+. The molecule has 0 saturated heterocycles. The van der Waals surface area contributed by atoms with Gasteiger partial charge in [0, 0.05) is 29.2 Å². The van der Waals surface area contributed by atoms with Gasteiger partial charge in [0.25, 0.3) is 5.91 Å². The smallest absolute Gasteiger partial charge is 0.264 e. The molecule has 1 aromatic heterocycles. The van der Waals surface area contributed by atoms with Crippen LogP contribution >= 0.6 is 15.9 Å². The number of nitrogens with zero attached hydrogens (tertiary/aromatic N) is 2. The molecular formula is C18H17BrN2O2. The lowest BCUT2D eigenvalue weighted by Crippen LogP contribution is -2.31. The highest BCUT2D eigenvalue weighted by Crippen LogP contribution is 2.25. The van der Waals surface area contributed by atoms with Crippen molar-refractivity contribution in [2.75, 3.05) is 13.1 Å². The molecule has 0 spiro atoms. The van der Waals surface area contributed by atoms with Crippen molar-refractivity contribution in [3.05, 3.63) is 52.2 Å². The SMILES string of the molecule is CCN(CC)C(=O)/C(C#N)=C/c1ccc(-c2ccc(Br)cc2)o1. The normalized spacial score (nSPS) is 11.1. The first kappa shape index (κ1) is 17.0. The summed E-state index contributed by atoms with van der Waals surface area (Å²) in [5, 5.41) is 9.24. The van der Waals surface area contributed by atoms with Crippen molar-refractivity contribution in [2.45, 2.75) is 13.8 Å². The number of halogens is 1. The fraction of sp³-hybridized carbons (Fsp3) is 0.222. The summed E-state index contributed by atoms with van der Waals surface area (Å²) in [6.45, 7) is 4.90. The topological polar surface area (TPSA) is 57.2 Å². The van der Waals surface area contributed by atoms with Crippen LogP contribution in [0.4, 0.5) is 0 Å². The number of carbonyl (C=O) groups is 1. The average molecular weight is 373 g/mol. The molecule has 0 unspecified atom stereocenters. The second-order valence-corrected chi connectivity index (χ2v) is 5.77. The number of furan rings is 1. The van der Waals surface area contributed by atoms with Crippen molar-refractivity contribution >= 4 is 27.9 Å². The zero-order valence-corrected chi connectivity index (χ0v) is 14.6. The summed E-state index contributed by atoms with van der Waals surface area (Å²) < 4.78 is 6.72. The zero-order valence-electron chi connectivity index (χ0n) is 13.0. The van der Waals surface area contributed by atoms with Crippen molar-refractivity contribution in [3.63, 3.8) is 0 Å². The summed E-state index contributed by atoms with van der Waals surface area (Å²) in [6.07, 6.45) is 1.49. The average Bonchev–Trinajstić information content (AvgIpc) is 3.03. The van der Waals surface area contributed by atoms with Crippen LogP contribution in [0.1, 0.15) is 19.6 Å². The number of amides is 1. The van der Waals surface area contributed by atoms with Gasteiger partial charge in [-0.05, 0) is 38.1 Å². The van der Waals surface area contributed by atoms with Crippen molar-refractivity contribution in [2.24, 2.45) is 0 Å². The first-order valence-electron chi connectivity index (χ1n) is 7.35. The molecule has 2 rings (SSSR count). The first-order valence-corrected chi connectivity index (χ1v) is 8.15. The minimum Gasteiger partial charge on any atom is -0.457 e. The highest BCUT2D eigenvalue weighted by atomic mass is 79.9. The minimum absolute atomic E-state index is 0.0745. The van der Waals surface area contributed by atoms with Crippen molar-refractivity contribution in [3.8, 4) is 17.4 Å². The third kappa shape index (κ3) is 4.11. The van der Waals surface area contributed by atoms with Gasteiger partial charge in [-0.3, -0.25) is 4.79 Å².